The van der Waals surface area contributed by atoms with Gasteiger partial charge in [0.25, 0.3) is 0 Å². The van der Waals surface area contributed by atoms with Gasteiger partial charge in [0.1, 0.15) is 0 Å². The van der Waals surface area contributed by atoms with Crippen molar-refractivity contribution >= 4 is 32.3 Å². The predicted molar refractivity (Wildman–Crippen MR) is 229 cm³/mol. The highest BCUT2D eigenvalue weighted by molar-refractivity contribution is 6.24. The van der Waals surface area contributed by atoms with Gasteiger partial charge in [-0.3, -0.25) is 0 Å². The SMILES string of the molecule is N#Cc1cccc(-c2ccc3c4c(ccc(-c5cccc6c5ccc5ccc(-c7nc(-c8ccccc8)nc(-c8ccccc8)n7)cc56)c24)-c2ccccc2-3)c1. The van der Waals surface area contributed by atoms with Crippen LogP contribution in [0.5, 0.6) is 0 Å². The van der Waals surface area contributed by atoms with Crippen molar-refractivity contribution in [2.75, 3.05) is 0 Å². The fourth-order valence-electron chi connectivity index (χ4n) is 8.52. The zero-order valence-corrected chi connectivity index (χ0v) is 30.1. The first-order valence-electron chi connectivity index (χ1n) is 18.7. The van der Waals surface area contributed by atoms with Crippen molar-refractivity contribution in [3.05, 3.63) is 188 Å². The lowest BCUT2D eigenvalue weighted by Crippen LogP contribution is -2.00. The molecule has 1 heterocycles. The van der Waals surface area contributed by atoms with E-state index in [9.17, 15) is 5.26 Å². The van der Waals surface area contributed by atoms with Gasteiger partial charge in [-0.25, -0.2) is 15.0 Å². The molecule has 10 aromatic rings. The Kier molecular flexibility index (Phi) is 7.20. The summed E-state index contributed by atoms with van der Waals surface area (Å²) in [6.07, 6.45) is 0. The highest BCUT2D eigenvalue weighted by Gasteiger charge is 2.25. The zero-order valence-electron chi connectivity index (χ0n) is 30.1. The molecular formula is C52H30N4. The van der Waals surface area contributed by atoms with Crippen LogP contribution in [-0.2, 0) is 0 Å². The molecular weight excluding hydrogens is 681 g/mol. The zero-order chi connectivity index (χ0) is 37.2. The molecule has 0 radical (unpaired) electrons. The van der Waals surface area contributed by atoms with Crippen LogP contribution in [0.1, 0.15) is 5.56 Å². The lowest BCUT2D eigenvalue weighted by molar-refractivity contribution is 1.07. The Labute approximate surface area is 323 Å². The van der Waals surface area contributed by atoms with Crippen LogP contribution in [0.25, 0.3) is 111 Å². The van der Waals surface area contributed by atoms with Crippen LogP contribution in [0.2, 0.25) is 0 Å². The standard InChI is InChI=1S/C52H30N4/c53-31-32-11-9-16-36(29-32)38-25-26-45-39-17-7-8-18-40(39)46-28-27-44(48(38)49(45)46)41-19-10-20-42-43(41)24-23-33-21-22-37(30-47(33)42)52-55-50(34-12-3-1-4-13-34)54-51(56-52)35-14-5-2-6-15-35/h1-30H. The summed E-state index contributed by atoms with van der Waals surface area (Å²) in [5.41, 5.74) is 12.9. The van der Waals surface area contributed by atoms with Gasteiger partial charge in [-0.15, -0.1) is 0 Å². The molecule has 0 atom stereocenters. The summed E-state index contributed by atoms with van der Waals surface area (Å²) < 4.78 is 0. The third kappa shape index (κ3) is 5.03. The van der Waals surface area contributed by atoms with E-state index in [0.717, 1.165) is 60.5 Å². The monoisotopic (exact) mass is 710 g/mol. The highest BCUT2D eigenvalue weighted by Crippen LogP contribution is 2.52. The van der Waals surface area contributed by atoms with Gasteiger partial charge in [0, 0.05) is 16.7 Å². The van der Waals surface area contributed by atoms with Crippen LogP contribution >= 0.6 is 0 Å². The molecule has 4 heteroatoms. The smallest absolute Gasteiger partial charge is 0.164 e. The molecule has 0 unspecified atom stereocenters. The third-order valence-electron chi connectivity index (χ3n) is 11.1. The summed E-state index contributed by atoms with van der Waals surface area (Å²) in [4.78, 5) is 15.0. The van der Waals surface area contributed by atoms with Crippen molar-refractivity contribution in [2.24, 2.45) is 0 Å². The number of benzene rings is 9. The summed E-state index contributed by atoms with van der Waals surface area (Å²) >= 11 is 0. The van der Waals surface area contributed by atoms with Gasteiger partial charge in [-0.05, 0) is 95.0 Å². The fourth-order valence-corrected chi connectivity index (χ4v) is 8.52. The lowest BCUT2D eigenvalue weighted by Gasteiger charge is -2.17. The quantitative estimate of drug-likeness (QED) is 0.167. The number of hydrogen-bond donors (Lipinski definition) is 0. The molecule has 258 valence electrons. The van der Waals surface area contributed by atoms with Crippen molar-refractivity contribution < 1.29 is 0 Å². The number of nitrogens with zero attached hydrogens (tertiary/aromatic N) is 4. The molecule has 0 spiro atoms. The molecule has 0 aliphatic heterocycles. The normalized spacial score (nSPS) is 11.6. The average Bonchev–Trinajstić information content (AvgIpc) is 3.61. The topological polar surface area (TPSA) is 62.5 Å². The Morgan fingerprint density at radius 2 is 0.839 bits per heavy atom. The molecule has 11 rings (SSSR count). The summed E-state index contributed by atoms with van der Waals surface area (Å²) in [5.74, 6) is 1.91. The highest BCUT2D eigenvalue weighted by atomic mass is 15.0. The average molecular weight is 711 g/mol. The van der Waals surface area contributed by atoms with Gasteiger partial charge >= 0.3 is 0 Å². The van der Waals surface area contributed by atoms with E-state index in [0.29, 0.717) is 23.0 Å². The van der Waals surface area contributed by atoms with Crippen molar-refractivity contribution in [1.29, 1.82) is 5.26 Å². The van der Waals surface area contributed by atoms with E-state index in [1.165, 1.54) is 33.0 Å². The Balaban J connectivity index is 1.14. The summed E-state index contributed by atoms with van der Waals surface area (Å²) in [7, 11) is 0. The van der Waals surface area contributed by atoms with E-state index in [1.807, 2.05) is 78.9 Å². The van der Waals surface area contributed by atoms with E-state index in [1.54, 1.807) is 0 Å². The Morgan fingerprint density at radius 3 is 1.50 bits per heavy atom. The molecule has 0 bridgehead atoms. The van der Waals surface area contributed by atoms with Crippen LogP contribution < -0.4 is 0 Å². The van der Waals surface area contributed by atoms with Crippen LogP contribution in [0, 0.1) is 11.3 Å². The predicted octanol–water partition coefficient (Wildman–Crippen LogP) is 13.2. The Hall–Kier alpha value is -7.74. The Morgan fingerprint density at radius 1 is 0.321 bits per heavy atom. The Bertz CT molecular complexity index is 3170. The lowest BCUT2D eigenvalue weighted by atomic mass is 9.86. The number of aromatic nitrogens is 3. The second kappa shape index (κ2) is 12.7. The number of nitriles is 1. The van der Waals surface area contributed by atoms with E-state index < -0.39 is 0 Å². The van der Waals surface area contributed by atoms with Gasteiger partial charge in [-0.1, -0.05) is 164 Å². The molecule has 1 aromatic heterocycles. The second-order valence-corrected chi connectivity index (χ2v) is 14.3. The third-order valence-corrected chi connectivity index (χ3v) is 11.1. The summed E-state index contributed by atoms with van der Waals surface area (Å²) in [5, 5.41) is 16.9. The molecule has 1 aliphatic carbocycles. The molecule has 0 saturated carbocycles. The minimum Gasteiger partial charge on any atom is -0.208 e. The van der Waals surface area contributed by atoms with E-state index in [-0.39, 0.29) is 0 Å². The van der Waals surface area contributed by atoms with E-state index >= 15 is 0 Å². The van der Waals surface area contributed by atoms with Gasteiger partial charge in [0.05, 0.1) is 11.6 Å². The molecule has 0 fully saturated rings. The summed E-state index contributed by atoms with van der Waals surface area (Å²) in [6.45, 7) is 0. The minimum absolute atomic E-state index is 0.629. The number of rotatable bonds is 5. The molecule has 1 aliphatic rings. The van der Waals surface area contributed by atoms with Crippen LogP contribution in [-0.4, -0.2) is 15.0 Å². The first-order chi connectivity index (χ1) is 27.7. The maximum Gasteiger partial charge on any atom is 0.164 e. The van der Waals surface area contributed by atoms with Crippen LogP contribution in [0.15, 0.2) is 182 Å². The van der Waals surface area contributed by atoms with Crippen LogP contribution in [0.3, 0.4) is 0 Å². The van der Waals surface area contributed by atoms with Gasteiger partial charge in [-0.2, -0.15) is 5.26 Å². The second-order valence-electron chi connectivity index (χ2n) is 14.3. The van der Waals surface area contributed by atoms with E-state index in [4.69, 9.17) is 15.0 Å². The summed E-state index contributed by atoms with van der Waals surface area (Å²) in [6, 6.07) is 65.8. The largest absolute Gasteiger partial charge is 0.208 e. The van der Waals surface area contributed by atoms with E-state index in [2.05, 4.69) is 109 Å². The van der Waals surface area contributed by atoms with Crippen molar-refractivity contribution in [2.45, 2.75) is 0 Å². The number of fused-ring (bicyclic) bond motifs is 6. The number of hydrogen-bond acceptors (Lipinski definition) is 4. The molecule has 4 nitrogen and oxygen atoms in total. The van der Waals surface area contributed by atoms with Gasteiger partial charge < -0.3 is 0 Å². The first-order valence-corrected chi connectivity index (χ1v) is 18.7. The molecule has 0 saturated heterocycles. The fraction of sp³-hybridized carbons (Fsp3) is 0. The van der Waals surface area contributed by atoms with Gasteiger partial charge in [0.2, 0.25) is 0 Å². The molecule has 9 aromatic carbocycles. The van der Waals surface area contributed by atoms with Crippen molar-refractivity contribution in [3.8, 4) is 84.7 Å². The van der Waals surface area contributed by atoms with Crippen molar-refractivity contribution in [3.63, 3.8) is 0 Å². The van der Waals surface area contributed by atoms with Crippen molar-refractivity contribution in [1.82, 2.24) is 15.0 Å². The first kappa shape index (κ1) is 31.8. The minimum atomic E-state index is 0.629. The van der Waals surface area contributed by atoms with Gasteiger partial charge in [0.15, 0.2) is 17.5 Å². The maximum atomic E-state index is 9.84. The molecule has 56 heavy (non-hydrogen) atoms. The maximum absolute atomic E-state index is 9.84. The molecule has 0 N–H and O–H groups in total. The molecule has 0 amide bonds. The van der Waals surface area contributed by atoms with Crippen LogP contribution in [0.4, 0.5) is 0 Å².